The maximum Gasteiger partial charge on any atom is 0.251 e. The van der Waals surface area contributed by atoms with Crippen molar-refractivity contribution < 1.29 is 9.53 Å². The van der Waals surface area contributed by atoms with Gasteiger partial charge in [0.2, 0.25) is 0 Å². The second kappa shape index (κ2) is 9.19. The molecule has 0 radical (unpaired) electrons. The van der Waals surface area contributed by atoms with Crippen LogP contribution in [0.3, 0.4) is 0 Å². The molecule has 0 unspecified atom stereocenters. The van der Waals surface area contributed by atoms with Crippen molar-refractivity contribution in [2.75, 3.05) is 0 Å². The quantitative estimate of drug-likeness (QED) is 0.508. The van der Waals surface area contributed by atoms with Crippen LogP contribution in [0.1, 0.15) is 28.5 Å². The van der Waals surface area contributed by atoms with E-state index in [0.29, 0.717) is 18.7 Å². The van der Waals surface area contributed by atoms with Crippen molar-refractivity contribution in [3.63, 3.8) is 0 Å². The van der Waals surface area contributed by atoms with Gasteiger partial charge in [-0.1, -0.05) is 28.1 Å². The number of hydrogen-bond acceptors (Lipinski definition) is 3. The summed E-state index contributed by atoms with van der Waals surface area (Å²) in [6.45, 7) is 3.57. The molecular weight excluding hydrogens is 474 g/mol. The fourth-order valence-corrected chi connectivity index (χ4v) is 3.20. The molecule has 0 atom stereocenters. The lowest BCUT2D eigenvalue weighted by atomic mass is 10.1. The second-order valence-corrected chi connectivity index (χ2v) is 7.68. The van der Waals surface area contributed by atoms with E-state index in [1.165, 1.54) is 0 Å². The van der Waals surface area contributed by atoms with Gasteiger partial charge in [-0.25, -0.2) is 0 Å². The van der Waals surface area contributed by atoms with E-state index in [2.05, 4.69) is 42.3 Å². The Balaban J connectivity index is 1.59. The number of ether oxygens (including phenoxy) is 1. The molecule has 27 heavy (non-hydrogen) atoms. The summed E-state index contributed by atoms with van der Waals surface area (Å²) in [7, 11) is 0. The highest BCUT2D eigenvalue weighted by molar-refractivity contribution is 9.10. The van der Waals surface area contributed by atoms with Crippen molar-refractivity contribution in [3.8, 4) is 5.75 Å². The van der Waals surface area contributed by atoms with Crippen molar-refractivity contribution in [1.82, 2.24) is 15.1 Å². The van der Waals surface area contributed by atoms with Crippen LogP contribution >= 0.6 is 31.9 Å². The Labute approximate surface area is 175 Å². The minimum absolute atomic E-state index is 0.140. The highest BCUT2D eigenvalue weighted by Gasteiger charge is 2.10. The monoisotopic (exact) mass is 491 g/mol. The van der Waals surface area contributed by atoms with Crippen LogP contribution in [0.4, 0.5) is 0 Å². The number of carbonyl (C=O) groups excluding carboxylic acids is 1. The van der Waals surface area contributed by atoms with Gasteiger partial charge in [0.1, 0.15) is 12.4 Å². The van der Waals surface area contributed by atoms with Crippen molar-refractivity contribution >= 4 is 37.8 Å². The van der Waals surface area contributed by atoms with Crippen molar-refractivity contribution in [3.05, 3.63) is 80.5 Å². The number of aromatic nitrogens is 2. The van der Waals surface area contributed by atoms with Gasteiger partial charge < -0.3 is 10.1 Å². The van der Waals surface area contributed by atoms with Gasteiger partial charge in [-0.15, -0.1) is 0 Å². The SMILES string of the molecule is CCn1cc(Br)c(CNC(=O)c2cccc(COc3ccc(Br)cc3)c2)n1. The van der Waals surface area contributed by atoms with E-state index >= 15 is 0 Å². The van der Waals surface area contributed by atoms with Crippen LogP contribution in [-0.2, 0) is 19.7 Å². The topological polar surface area (TPSA) is 56.2 Å². The molecule has 1 amide bonds. The predicted octanol–water partition coefficient (Wildman–Crippen LogP) is 4.94. The molecule has 5 nitrogen and oxygen atoms in total. The lowest BCUT2D eigenvalue weighted by Gasteiger charge is -2.08. The van der Waals surface area contributed by atoms with Crippen LogP contribution < -0.4 is 10.1 Å². The van der Waals surface area contributed by atoms with E-state index in [-0.39, 0.29) is 5.91 Å². The first kappa shape index (κ1) is 19.6. The number of amides is 1. The summed E-state index contributed by atoms with van der Waals surface area (Å²) in [6, 6.07) is 15.1. The largest absolute Gasteiger partial charge is 0.489 e. The first-order valence-electron chi connectivity index (χ1n) is 8.52. The van der Waals surface area contributed by atoms with E-state index in [1.807, 2.05) is 60.3 Å². The molecular formula is C20H19Br2N3O2. The van der Waals surface area contributed by atoms with Gasteiger partial charge in [-0.2, -0.15) is 5.10 Å². The third kappa shape index (κ3) is 5.43. The second-order valence-electron chi connectivity index (χ2n) is 5.91. The summed E-state index contributed by atoms with van der Waals surface area (Å²) in [5.41, 5.74) is 2.33. The van der Waals surface area contributed by atoms with Gasteiger partial charge in [0.15, 0.2) is 0 Å². The fourth-order valence-electron chi connectivity index (χ4n) is 2.48. The zero-order chi connectivity index (χ0) is 19.2. The number of halogens is 2. The summed E-state index contributed by atoms with van der Waals surface area (Å²) in [5.74, 6) is 0.642. The van der Waals surface area contributed by atoms with Crippen molar-refractivity contribution in [2.24, 2.45) is 0 Å². The van der Waals surface area contributed by atoms with Gasteiger partial charge >= 0.3 is 0 Å². The Morgan fingerprint density at radius 1 is 1.19 bits per heavy atom. The van der Waals surface area contributed by atoms with Gasteiger partial charge in [-0.05, 0) is 64.8 Å². The molecule has 0 spiro atoms. The van der Waals surface area contributed by atoms with Gasteiger partial charge in [0.25, 0.3) is 5.91 Å². The van der Waals surface area contributed by atoms with Crippen LogP contribution in [0.2, 0.25) is 0 Å². The third-order valence-electron chi connectivity index (χ3n) is 3.94. The lowest BCUT2D eigenvalue weighted by Crippen LogP contribution is -2.23. The smallest absolute Gasteiger partial charge is 0.251 e. The lowest BCUT2D eigenvalue weighted by molar-refractivity contribution is 0.0950. The Bertz CT molecular complexity index is 923. The summed E-state index contributed by atoms with van der Waals surface area (Å²) in [4.78, 5) is 12.5. The standard InChI is InChI=1S/C20H19Br2N3O2/c1-2-25-12-18(22)19(24-25)11-23-20(26)15-5-3-4-14(10-15)13-27-17-8-6-16(21)7-9-17/h3-10,12H,2,11,13H2,1H3,(H,23,26). The molecule has 0 fully saturated rings. The van der Waals surface area contributed by atoms with Crippen LogP contribution in [0.15, 0.2) is 63.7 Å². The summed E-state index contributed by atoms with van der Waals surface area (Å²) >= 11 is 6.87. The van der Waals surface area contributed by atoms with Crippen LogP contribution in [-0.4, -0.2) is 15.7 Å². The molecule has 1 heterocycles. The molecule has 0 aliphatic rings. The minimum Gasteiger partial charge on any atom is -0.489 e. The van der Waals surface area contributed by atoms with E-state index in [4.69, 9.17) is 4.74 Å². The van der Waals surface area contributed by atoms with E-state index in [0.717, 1.165) is 32.5 Å². The number of rotatable bonds is 7. The number of nitrogens with zero attached hydrogens (tertiary/aromatic N) is 2. The Morgan fingerprint density at radius 3 is 2.67 bits per heavy atom. The van der Waals surface area contributed by atoms with Gasteiger partial charge in [0, 0.05) is 22.8 Å². The summed E-state index contributed by atoms with van der Waals surface area (Å²) in [6.07, 6.45) is 1.90. The molecule has 2 aromatic carbocycles. The Kier molecular flexibility index (Phi) is 6.68. The molecule has 1 aromatic heterocycles. The van der Waals surface area contributed by atoms with Crippen molar-refractivity contribution in [2.45, 2.75) is 26.6 Å². The molecule has 0 saturated heterocycles. The first-order chi connectivity index (χ1) is 13.0. The zero-order valence-corrected chi connectivity index (χ0v) is 18.0. The molecule has 3 aromatic rings. The summed E-state index contributed by atoms with van der Waals surface area (Å²) in [5, 5.41) is 7.32. The molecule has 0 aliphatic carbocycles. The van der Waals surface area contributed by atoms with Crippen LogP contribution in [0.25, 0.3) is 0 Å². The average molecular weight is 493 g/mol. The third-order valence-corrected chi connectivity index (χ3v) is 5.13. The molecule has 1 N–H and O–H groups in total. The number of benzene rings is 2. The van der Waals surface area contributed by atoms with Crippen LogP contribution in [0.5, 0.6) is 5.75 Å². The molecule has 140 valence electrons. The predicted molar refractivity (Wildman–Crippen MR) is 112 cm³/mol. The Hall–Kier alpha value is -2.12. The van der Waals surface area contributed by atoms with Gasteiger partial charge in [-0.3, -0.25) is 9.48 Å². The molecule has 0 aliphatic heterocycles. The molecule has 0 bridgehead atoms. The number of hydrogen-bond donors (Lipinski definition) is 1. The normalized spacial score (nSPS) is 10.6. The van der Waals surface area contributed by atoms with Crippen molar-refractivity contribution in [1.29, 1.82) is 0 Å². The van der Waals surface area contributed by atoms with Crippen LogP contribution in [0, 0.1) is 0 Å². The molecule has 0 saturated carbocycles. The number of nitrogens with one attached hydrogen (secondary N) is 1. The average Bonchev–Trinajstić information content (AvgIpc) is 3.06. The first-order valence-corrected chi connectivity index (χ1v) is 10.1. The Morgan fingerprint density at radius 2 is 1.96 bits per heavy atom. The maximum atomic E-state index is 12.5. The zero-order valence-electron chi connectivity index (χ0n) is 14.8. The van der Waals surface area contributed by atoms with Gasteiger partial charge in [0.05, 0.1) is 16.7 Å². The maximum absolute atomic E-state index is 12.5. The van der Waals surface area contributed by atoms with E-state index in [9.17, 15) is 4.79 Å². The molecule has 7 heteroatoms. The number of aryl methyl sites for hydroxylation is 1. The number of carbonyl (C=O) groups is 1. The van der Waals surface area contributed by atoms with E-state index in [1.54, 1.807) is 6.07 Å². The highest BCUT2D eigenvalue weighted by Crippen LogP contribution is 2.18. The van der Waals surface area contributed by atoms with E-state index < -0.39 is 0 Å². The minimum atomic E-state index is -0.140. The highest BCUT2D eigenvalue weighted by atomic mass is 79.9. The fraction of sp³-hybridized carbons (Fsp3) is 0.200. The summed E-state index contributed by atoms with van der Waals surface area (Å²) < 4.78 is 9.49. The molecule has 3 rings (SSSR count).